The van der Waals surface area contributed by atoms with Crippen molar-refractivity contribution in [2.75, 3.05) is 0 Å². The molecule has 0 N–H and O–H groups in total. The van der Waals surface area contributed by atoms with Gasteiger partial charge in [0.25, 0.3) is 0 Å². The molecule has 17 heavy (non-hydrogen) atoms. The van der Waals surface area contributed by atoms with Gasteiger partial charge < -0.3 is 4.74 Å². The van der Waals surface area contributed by atoms with E-state index in [9.17, 15) is 0 Å². The minimum absolute atomic E-state index is 0.187. The second-order valence-corrected chi connectivity index (χ2v) is 6.51. The first-order valence-electron chi connectivity index (χ1n) is 6.68. The predicted octanol–water partition coefficient (Wildman–Crippen LogP) is 4.65. The van der Waals surface area contributed by atoms with Gasteiger partial charge in [-0.25, -0.2) is 0 Å². The minimum Gasteiger partial charge on any atom is -0.490 e. The van der Waals surface area contributed by atoms with Crippen LogP contribution < -0.4 is 4.74 Å². The molecule has 1 aliphatic rings. The first-order chi connectivity index (χ1) is 7.86. The van der Waals surface area contributed by atoms with E-state index in [1.165, 1.54) is 24.0 Å². The van der Waals surface area contributed by atoms with Gasteiger partial charge in [0.05, 0.1) is 6.10 Å². The molecule has 1 heteroatoms. The highest BCUT2D eigenvalue weighted by Gasteiger charge is 2.24. The van der Waals surface area contributed by atoms with E-state index in [0.29, 0.717) is 12.0 Å². The van der Waals surface area contributed by atoms with Crippen LogP contribution in [-0.2, 0) is 5.41 Å². The summed E-state index contributed by atoms with van der Waals surface area (Å²) in [5.74, 6) is 1.61. The Labute approximate surface area is 105 Å². The van der Waals surface area contributed by atoms with Crippen LogP contribution in [0.3, 0.4) is 0 Å². The Morgan fingerprint density at radius 1 is 1.12 bits per heavy atom. The van der Waals surface area contributed by atoms with Crippen LogP contribution in [0.4, 0.5) is 0 Å². The highest BCUT2D eigenvalue weighted by Crippen LogP contribution is 2.33. The summed E-state index contributed by atoms with van der Waals surface area (Å²) in [4.78, 5) is 0. The van der Waals surface area contributed by atoms with Gasteiger partial charge in [-0.15, -0.1) is 0 Å². The zero-order chi connectivity index (χ0) is 12.6. The van der Waals surface area contributed by atoms with E-state index in [0.717, 1.165) is 5.75 Å². The molecule has 94 valence electrons. The molecule has 1 nitrogen and oxygen atoms in total. The molecule has 0 unspecified atom stereocenters. The molecule has 2 rings (SSSR count). The SMILES string of the molecule is CC(C)c1cc(OC2CC2)cc(C(C)(C)C)c1. The van der Waals surface area contributed by atoms with Crippen LogP contribution in [0.15, 0.2) is 18.2 Å². The molecule has 0 atom stereocenters. The first-order valence-corrected chi connectivity index (χ1v) is 6.68. The van der Waals surface area contributed by atoms with Crippen molar-refractivity contribution in [1.82, 2.24) is 0 Å². The molecule has 1 aliphatic carbocycles. The van der Waals surface area contributed by atoms with Crippen LogP contribution in [0.1, 0.15) is 64.5 Å². The Balaban J connectivity index is 2.34. The summed E-state index contributed by atoms with van der Waals surface area (Å²) in [7, 11) is 0. The van der Waals surface area contributed by atoms with Crippen molar-refractivity contribution in [3.8, 4) is 5.75 Å². The normalized spacial score (nSPS) is 16.4. The molecule has 0 saturated heterocycles. The second-order valence-electron chi connectivity index (χ2n) is 6.51. The van der Waals surface area contributed by atoms with Crippen molar-refractivity contribution in [3.05, 3.63) is 29.3 Å². The average molecular weight is 232 g/mol. The first kappa shape index (κ1) is 12.5. The number of hydrogen-bond acceptors (Lipinski definition) is 1. The smallest absolute Gasteiger partial charge is 0.120 e. The molecule has 0 aromatic heterocycles. The van der Waals surface area contributed by atoms with Crippen LogP contribution in [0.2, 0.25) is 0 Å². The Morgan fingerprint density at radius 3 is 2.24 bits per heavy atom. The predicted molar refractivity (Wildman–Crippen MR) is 72.9 cm³/mol. The van der Waals surface area contributed by atoms with Crippen LogP contribution in [0.25, 0.3) is 0 Å². The van der Waals surface area contributed by atoms with Crippen molar-refractivity contribution in [2.45, 2.75) is 64.9 Å². The van der Waals surface area contributed by atoms with Gasteiger partial charge in [0.2, 0.25) is 0 Å². The van der Waals surface area contributed by atoms with Gasteiger partial charge in [-0.05, 0) is 47.4 Å². The largest absolute Gasteiger partial charge is 0.490 e. The maximum atomic E-state index is 5.95. The van der Waals surface area contributed by atoms with Crippen LogP contribution in [0.5, 0.6) is 5.75 Å². The summed E-state index contributed by atoms with van der Waals surface area (Å²) < 4.78 is 5.95. The zero-order valence-electron chi connectivity index (χ0n) is 11.7. The van der Waals surface area contributed by atoms with Crippen molar-refractivity contribution in [2.24, 2.45) is 0 Å². The summed E-state index contributed by atoms with van der Waals surface area (Å²) in [6.07, 6.45) is 2.92. The molecule has 0 heterocycles. The summed E-state index contributed by atoms with van der Waals surface area (Å²) >= 11 is 0. The van der Waals surface area contributed by atoms with Crippen molar-refractivity contribution < 1.29 is 4.74 Å². The van der Waals surface area contributed by atoms with Gasteiger partial charge in [-0.3, -0.25) is 0 Å². The topological polar surface area (TPSA) is 9.23 Å². The molecule has 0 spiro atoms. The van der Waals surface area contributed by atoms with Gasteiger partial charge in [-0.2, -0.15) is 0 Å². The molecule has 0 bridgehead atoms. The minimum atomic E-state index is 0.187. The van der Waals surface area contributed by atoms with Gasteiger partial charge in [0.1, 0.15) is 5.75 Å². The molecule has 0 radical (unpaired) electrons. The quantitative estimate of drug-likeness (QED) is 0.737. The molecule has 1 fully saturated rings. The Morgan fingerprint density at radius 2 is 1.76 bits per heavy atom. The fourth-order valence-corrected chi connectivity index (χ4v) is 1.83. The summed E-state index contributed by atoms with van der Waals surface area (Å²) in [6.45, 7) is 11.2. The third-order valence-corrected chi connectivity index (χ3v) is 3.29. The Hall–Kier alpha value is -0.980. The molecule has 0 amide bonds. The van der Waals surface area contributed by atoms with Crippen molar-refractivity contribution in [1.29, 1.82) is 0 Å². The van der Waals surface area contributed by atoms with E-state index < -0.39 is 0 Å². The molecule has 1 aromatic carbocycles. The van der Waals surface area contributed by atoms with E-state index in [2.05, 4.69) is 52.8 Å². The zero-order valence-corrected chi connectivity index (χ0v) is 11.7. The lowest BCUT2D eigenvalue weighted by atomic mass is 9.84. The van der Waals surface area contributed by atoms with E-state index in [1.807, 2.05) is 0 Å². The van der Waals surface area contributed by atoms with Crippen LogP contribution in [-0.4, -0.2) is 6.10 Å². The van der Waals surface area contributed by atoms with Crippen molar-refractivity contribution in [3.63, 3.8) is 0 Å². The fraction of sp³-hybridized carbons (Fsp3) is 0.625. The molecule has 1 aromatic rings. The van der Waals surface area contributed by atoms with E-state index in [4.69, 9.17) is 4.74 Å². The third kappa shape index (κ3) is 3.24. The van der Waals surface area contributed by atoms with Gasteiger partial charge >= 0.3 is 0 Å². The highest BCUT2D eigenvalue weighted by atomic mass is 16.5. The van der Waals surface area contributed by atoms with E-state index in [1.54, 1.807) is 0 Å². The maximum Gasteiger partial charge on any atom is 0.120 e. The fourth-order valence-electron chi connectivity index (χ4n) is 1.83. The van der Waals surface area contributed by atoms with Gasteiger partial charge in [0.15, 0.2) is 0 Å². The third-order valence-electron chi connectivity index (χ3n) is 3.29. The highest BCUT2D eigenvalue weighted by molar-refractivity contribution is 5.39. The van der Waals surface area contributed by atoms with Gasteiger partial charge in [0, 0.05) is 0 Å². The number of hydrogen-bond donors (Lipinski definition) is 0. The molecule has 0 aliphatic heterocycles. The molecular weight excluding hydrogens is 208 g/mol. The lowest BCUT2D eigenvalue weighted by Crippen LogP contribution is -2.12. The van der Waals surface area contributed by atoms with E-state index in [-0.39, 0.29) is 5.41 Å². The summed E-state index contributed by atoms with van der Waals surface area (Å²) in [5.41, 5.74) is 2.94. The Bertz CT molecular complexity index is 394. The Kier molecular flexibility index (Phi) is 3.20. The van der Waals surface area contributed by atoms with E-state index >= 15 is 0 Å². The van der Waals surface area contributed by atoms with Gasteiger partial charge in [-0.1, -0.05) is 40.7 Å². The lowest BCUT2D eigenvalue weighted by Gasteiger charge is -2.22. The number of benzene rings is 1. The van der Waals surface area contributed by atoms with Crippen LogP contribution >= 0.6 is 0 Å². The monoisotopic (exact) mass is 232 g/mol. The second kappa shape index (κ2) is 4.36. The lowest BCUT2D eigenvalue weighted by molar-refractivity contribution is 0.302. The van der Waals surface area contributed by atoms with Crippen LogP contribution in [0, 0.1) is 0 Å². The standard InChI is InChI=1S/C16H24O/c1-11(2)12-8-13(16(3,4)5)10-15(9-12)17-14-6-7-14/h8-11,14H,6-7H2,1-5H3. The number of rotatable bonds is 3. The summed E-state index contributed by atoms with van der Waals surface area (Å²) in [6, 6.07) is 6.74. The average Bonchev–Trinajstić information content (AvgIpc) is 2.99. The maximum absolute atomic E-state index is 5.95. The number of ether oxygens (including phenoxy) is 1. The molecule has 1 saturated carbocycles. The summed E-state index contributed by atoms with van der Waals surface area (Å²) in [5, 5.41) is 0. The molecular formula is C16H24O. The van der Waals surface area contributed by atoms with Crippen molar-refractivity contribution >= 4 is 0 Å².